The summed E-state index contributed by atoms with van der Waals surface area (Å²) < 4.78 is 11.1. The maximum Gasteiger partial charge on any atom is 0.232 e. The van der Waals surface area contributed by atoms with E-state index in [2.05, 4.69) is 18.7 Å². The number of likely N-dealkylation sites (tertiary alicyclic amines) is 1. The van der Waals surface area contributed by atoms with Gasteiger partial charge in [0.1, 0.15) is 17.3 Å². The highest BCUT2D eigenvalue weighted by Crippen LogP contribution is 2.40. The van der Waals surface area contributed by atoms with Crippen molar-refractivity contribution in [1.82, 2.24) is 4.90 Å². The zero-order chi connectivity index (χ0) is 18.3. The highest BCUT2D eigenvalue weighted by molar-refractivity contribution is 6.14. The summed E-state index contributed by atoms with van der Waals surface area (Å²) in [5, 5.41) is 10.4. The molecule has 26 heavy (non-hydrogen) atoms. The van der Waals surface area contributed by atoms with Crippen LogP contribution in [-0.4, -0.2) is 28.9 Å². The first-order chi connectivity index (χ1) is 12.5. The maximum atomic E-state index is 12.7. The van der Waals surface area contributed by atoms with E-state index in [9.17, 15) is 9.90 Å². The number of rotatable bonds is 3. The number of hydrogen-bond acceptors (Lipinski definition) is 5. The van der Waals surface area contributed by atoms with Crippen molar-refractivity contribution in [3.63, 3.8) is 0 Å². The van der Waals surface area contributed by atoms with Gasteiger partial charge in [0.15, 0.2) is 5.76 Å². The predicted molar refractivity (Wildman–Crippen MR) is 98.0 cm³/mol. The quantitative estimate of drug-likeness (QED) is 0.843. The van der Waals surface area contributed by atoms with Crippen molar-refractivity contribution in [3.05, 3.63) is 53.2 Å². The molecule has 2 unspecified atom stereocenters. The first kappa shape index (κ1) is 16.9. The highest BCUT2D eigenvalue weighted by atomic mass is 16.5. The summed E-state index contributed by atoms with van der Waals surface area (Å²) in [4.78, 5) is 15.0. The van der Waals surface area contributed by atoms with Gasteiger partial charge in [-0.05, 0) is 42.5 Å². The van der Waals surface area contributed by atoms with Crippen LogP contribution in [0.2, 0.25) is 0 Å². The summed E-state index contributed by atoms with van der Waals surface area (Å²) in [6, 6.07) is 6.74. The fourth-order valence-corrected chi connectivity index (χ4v) is 4.10. The average Bonchev–Trinajstić information content (AvgIpc) is 3.19. The summed E-state index contributed by atoms with van der Waals surface area (Å²) in [5.74, 6) is 2.48. The van der Waals surface area contributed by atoms with E-state index >= 15 is 0 Å². The van der Waals surface area contributed by atoms with Crippen LogP contribution < -0.4 is 4.74 Å². The fourth-order valence-electron chi connectivity index (χ4n) is 4.10. The van der Waals surface area contributed by atoms with Crippen molar-refractivity contribution >= 4 is 11.9 Å². The predicted octanol–water partition coefficient (Wildman–Crippen LogP) is 4.08. The molecule has 0 amide bonds. The number of furan rings is 1. The molecular formula is C21H23NO4. The van der Waals surface area contributed by atoms with Gasteiger partial charge in [-0.3, -0.25) is 9.69 Å². The van der Waals surface area contributed by atoms with Gasteiger partial charge in [0.05, 0.1) is 17.4 Å². The molecule has 5 nitrogen and oxygen atoms in total. The van der Waals surface area contributed by atoms with E-state index in [1.54, 1.807) is 36.6 Å². The van der Waals surface area contributed by atoms with Gasteiger partial charge in [0, 0.05) is 25.7 Å². The summed E-state index contributed by atoms with van der Waals surface area (Å²) in [6.45, 7) is 7.04. The summed E-state index contributed by atoms with van der Waals surface area (Å²) in [5.41, 5.74) is 1.17. The Balaban J connectivity index is 1.64. The number of phenols is 1. The lowest BCUT2D eigenvalue weighted by molar-refractivity contribution is 0.101. The smallest absolute Gasteiger partial charge is 0.232 e. The highest BCUT2D eigenvalue weighted by Gasteiger charge is 2.32. The summed E-state index contributed by atoms with van der Waals surface area (Å²) in [7, 11) is 0. The normalized spacial score (nSPS) is 24.7. The Morgan fingerprint density at radius 1 is 1.23 bits per heavy atom. The number of allylic oxidation sites excluding steroid dienone is 1. The maximum absolute atomic E-state index is 12.7. The number of piperidine rings is 1. The van der Waals surface area contributed by atoms with E-state index in [1.807, 2.05) is 0 Å². The number of nitrogens with zero attached hydrogens (tertiary/aromatic N) is 1. The number of carbonyl (C=O) groups is 1. The van der Waals surface area contributed by atoms with E-state index in [-0.39, 0.29) is 17.3 Å². The molecule has 1 N–H and O–H groups in total. The van der Waals surface area contributed by atoms with Crippen molar-refractivity contribution in [2.45, 2.75) is 26.8 Å². The molecule has 0 spiro atoms. The summed E-state index contributed by atoms with van der Waals surface area (Å²) >= 11 is 0. The van der Waals surface area contributed by atoms with E-state index in [0.29, 0.717) is 41.0 Å². The molecule has 0 saturated carbocycles. The molecule has 2 atom stereocenters. The Morgan fingerprint density at radius 3 is 2.69 bits per heavy atom. The molecule has 1 aromatic carbocycles. The molecule has 2 aliphatic rings. The fraction of sp³-hybridized carbons (Fsp3) is 0.381. The number of Topliss-reactive ketones (excluding diaryl/α,β-unsaturated/α-hetero) is 1. The number of aromatic hydroxyl groups is 1. The van der Waals surface area contributed by atoms with Gasteiger partial charge in [0.25, 0.3) is 0 Å². The Hall–Kier alpha value is -2.53. The first-order valence-corrected chi connectivity index (χ1v) is 9.06. The van der Waals surface area contributed by atoms with Crippen LogP contribution in [0.15, 0.2) is 40.7 Å². The van der Waals surface area contributed by atoms with Crippen molar-refractivity contribution in [2.24, 2.45) is 11.8 Å². The molecule has 0 radical (unpaired) electrons. The van der Waals surface area contributed by atoms with E-state index < -0.39 is 0 Å². The number of carbonyl (C=O) groups excluding carboxylic acids is 1. The number of phenolic OH excluding ortho intramolecular Hbond substituents is 1. The Morgan fingerprint density at radius 2 is 2.00 bits per heavy atom. The van der Waals surface area contributed by atoms with E-state index in [1.165, 1.54) is 6.42 Å². The second kappa shape index (κ2) is 6.65. The van der Waals surface area contributed by atoms with Gasteiger partial charge >= 0.3 is 0 Å². The third-order valence-corrected chi connectivity index (χ3v) is 5.06. The third-order valence-electron chi connectivity index (χ3n) is 5.06. The molecule has 1 aromatic heterocycles. The van der Waals surface area contributed by atoms with Crippen molar-refractivity contribution < 1.29 is 19.1 Å². The van der Waals surface area contributed by atoms with Gasteiger partial charge < -0.3 is 14.3 Å². The topological polar surface area (TPSA) is 62.9 Å². The largest absolute Gasteiger partial charge is 0.507 e. The lowest BCUT2D eigenvalue weighted by Gasteiger charge is -2.35. The molecule has 0 bridgehead atoms. The average molecular weight is 353 g/mol. The van der Waals surface area contributed by atoms with Gasteiger partial charge in [-0.25, -0.2) is 0 Å². The minimum atomic E-state index is -0.182. The van der Waals surface area contributed by atoms with Crippen LogP contribution in [0.5, 0.6) is 11.5 Å². The van der Waals surface area contributed by atoms with Crippen LogP contribution in [-0.2, 0) is 6.54 Å². The molecule has 136 valence electrons. The summed E-state index contributed by atoms with van der Waals surface area (Å²) in [6.07, 6.45) is 4.36. The number of ether oxygens (including phenoxy) is 1. The van der Waals surface area contributed by atoms with Crippen LogP contribution in [0.3, 0.4) is 0 Å². The van der Waals surface area contributed by atoms with Gasteiger partial charge in [-0.1, -0.05) is 13.8 Å². The molecule has 2 aromatic rings. The molecule has 1 fully saturated rings. The Kier molecular flexibility index (Phi) is 4.32. The van der Waals surface area contributed by atoms with Gasteiger partial charge in [-0.2, -0.15) is 0 Å². The monoisotopic (exact) mass is 353 g/mol. The third kappa shape index (κ3) is 3.15. The molecule has 3 heterocycles. The van der Waals surface area contributed by atoms with Crippen molar-refractivity contribution in [3.8, 4) is 11.5 Å². The molecule has 0 aliphatic carbocycles. The number of fused-ring (bicyclic) bond motifs is 1. The standard InChI is InChI=1S/C21H23NO4/c1-13-8-14(2)11-22(10-13)12-17-18(23)6-5-16-20(24)19(26-21(16)17)9-15-4-3-7-25-15/h3-7,9,13-14,23H,8,10-12H2,1-2H3/b19-9-. The molecule has 2 aliphatic heterocycles. The van der Waals surface area contributed by atoms with E-state index in [4.69, 9.17) is 9.15 Å². The minimum Gasteiger partial charge on any atom is -0.507 e. The van der Waals surface area contributed by atoms with Crippen LogP contribution in [0.1, 0.15) is 41.9 Å². The second-order valence-electron chi connectivity index (χ2n) is 7.54. The molecule has 4 rings (SSSR count). The Labute approximate surface area is 152 Å². The van der Waals surface area contributed by atoms with Gasteiger partial charge in [-0.15, -0.1) is 0 Å². The number of hydrogen-bond donors (Lipinski definition) is 1. The Bertz CT molecular complexity index is 843. The zero-order valence-corrected chi connectivity index (χ0v) is 15.1. The SMILES string of the molecule is CC1CC(C)CN(Cc2c(O)ccc3c2O/C(=C\c2ccco2)C3=O)C1. The van der Waals surface area contributed by atoms with Crippen molar-refractivity contribution in [2.75, 3.05) is 13.1 Å². The molecule has 1 saturated heterocycles. The van der Waals surface area contributed by atoms with E-state index in [0.717, 1.165) is 13.1 Å². The lowest BCUT2D eigenvalue weighted by atomic mass is 9.91. The van der Waals surface area contributed by atoms with Crippen LogP contribution in [0.4, 0.5) is 0 Å². The first-order valence-electron chi connectivity index (χ1n) is 9.06. The second-order valence-corrected chi connectivity index (χ2v) is 7.54. The zero-order valence-electron chi connectivity index (χ0n) is 15.1. The van der Waals surface area contributed by atoms with Crippen LogP contribution >= 0.6 is 0 Å². The number of ketones is 1. The van der Waals surface area contributed by atoms with Crippen molar-refractivity contribution in [1.29, 1.82) is 0 Å². The lowest BCUT2D eigenvalue weighted by Crippen LogP contribution is -2.38. The van der Waals surface area contributed by atoms with Gasteiger partial charge in [0.2, 0.25) is 5.78 Å². The van der Waals surface area contributed by atoms with Crippen LogP contribution in [0.25, 0.3) is 6.08 Å². The number of benzene rings is 1. The minimum absolute atomic E-state index is 0.168. The molecule has 5 heteroatoms. The molecular weight excluding hydrogens is 330 g/mol. The van der Waals surface area contributed by atoms with Crippen LogP contribution in [0, 0.1) is 11.8 Å².